The number of amides is 2. The molecule has 1 saturated heterocycles. The molecule has 0 aliphatic carbocycles. The number of nitrogens with zero attached hydrogens (tertiary/aromatic N) is 3. The zero-order valence-corrected chi connectivity index (χ0v) is 15.5. The summed E-state index contributed by atoms with van der Waals surface area (Å²) in [4.78, 5) is 21.2. The van der Waals surface area contributed by atoms with Crippen LogP contribution in [0.3, 0.4) is 0 Å². The smallest absolute Gasteiger partial charge is 0.317 e. The van der Waals surface area contributed by atoms with E-state index in [0.29, 0.717) is 12.6 Å². The lowest BCUT2D eigenvalue weighted by atomic mass is 10.0. The van der Waals surface area contributed by atoms with Gasteiger partial charge in [-0.05, 0) is 37.6 Å². The third-order valence-electron chi connectivity index (χ3n) is 5.04. The molecule has 1 aliphatic rings. The van der Waals surface area contributed by atoms with Gasteiger partial charge in [0.25, 0.3) is 0 Å². The quantitative estimate of drug-likeness (QED) is 0.870. The van der Waals surface area contributed by atoms with Crippen LogP contribution in [0.25, 0.3) is 0 Å². The Morgan fingerprint density at radius 3 is 2.81 bits per heavy atom. The second-order valence-corrected chi connectivity index (χ2v) is 6.94. The van der Waals surface area contributed by atoms with Crippen molar-refractivity contribution in [3.8, 4) is 0 Å². The summed E-state index contributed by atoms with van der Waals surface area (Å²) in [6.45, 7) is 3.17. The molecule has 2 heterocycles. The van der Waals surface area contributed by atoms with E-state index in [-0.39, 0.29) is 6.03 Å². The van der Waals surface area contributed by atoms with Gasteiger partial charge in [0.1, 0.15) is 0 Å². The van der Waals surface area contributed by atoms with Gasteiger partial charge in [-0.25, -0.2) is 4.79 Å². The predicted molar refractivity (Wildman–Crippen MR) is 104 cm³/mol. The van der Waals surface area contributed by atoms with E-state index in [2.05, 4.69) is 28.3 Å². The Labute approximate surface area is 156 Å². The van der Waals surface area contributed by atoms with Gasteiger partial charge < -0.3 is 15.1 Å². The lowest BCUT2D eigenvalue weighted by molar-refractivity contribution is 0.126. The summed E-state index contributed by atoms with van der Waals surface area (Å²) in [5.74, 6) is 0. The molecule has 138 valence electrons. The first-order valence-electron chi connectivity index (χ1n) is 9.39. The Morgan fingerprint density at radius 2 is 2.04 bits per heavy atom. The van der Waals surface area contributed by atoms with Gasteiger partial charge in [0.05, 0.1) is 0 Å². The summed E-state index contributed by atoms with van der Waals surface area (Å²) in [5.41, 5.74) is 2.24. The first-order chi connectivity index (χ1) is 12.7. The fraction of sp³-hybridized carbons (Fsp3) is 0.429. The first kappa shape index (κ1) is 18.4. The van der Waals surface area contributed by atoms with Crippen molar-refractivity contribution >= 4 is 6.03 Å². The summed E-state index contributed by atoms with van der Waals surface area (Å²) in [7, 11) is 2.15. The predicted octanol–water partition coefficient (Wildman–Crippen LogP) is 2.93. The van der Waals surface area contributed by atoms with E-state index in [9.17, 15) is 4.79 Å². The van der Waals surface area contributed by atoms with Gasteiger partial charge in [-0.15, -0.1) is 0 Å². The second kappa shape index (κ2) is 9.34. The number of rotatable bonds is 6. The van der Waals surface area contributed by atoms with Crippen molar-refractivity contribution in [2.45, 2.75) is 31.8 Å². The summed E-state index contributed by atoms with van der Waals surface area (Å²) in [5, 5.41) is 3.04. The fourth-order valence-electron chi connectivity index (χ4n) is 3.40. The van der Waals surface area contributed by atoms with Crippen LogP contribution < -0.4 is 5.32 Å². The molecule has 0 saturated carbocycles. The molecule has 1 unspecified atom stereocenters. The molecule has 1 N–H and O–H groups in total. The number of carbonyl (C=O) groups excluding carboxylic acids is 1. The Balaban J connectivity index is 1.46. The van der Waals surface area contributed by atoms with Crippen molar-refractivity contribution in [2.75, 3.05) is 26.7 Å². The third-order valence-corrected chi connectivity index (χ3v) is 5.04. The van der Waals surface area contributed by atoms with Crippen LogP contribution in [-0.4, -0.2) is 53.5 Å². The van der Waals surface area contributed by atoms with Crippen LogP contribution >= 0.6 is 0 Å². The number of hydrogen-bond donors (Lipinski definition) is 1. The normalized spacial score (nSPS) is 17.3. The standard InChI is InChI=1S/C21H28N4O/c1-24(15-12-19-10-5-6-13-22-19)20-11-7-14-25(17-20)21(26)23-16-18-8-3-2-4-9-18/h2-6,8-10,13,20H,7,11-12,14-17H2,1H3,(H,23,26). The number of likely N-dealkylation sites (tertiary alicyclic amines) is 1. The number of nitrogens with one attached hydrogen (secondary N) is 1. The van der Waals surface area contributed by atoms with Gasteiger partial charge in [0.15, 0.2) is 0 Å². The summed E-state index contributed by atoms with van der Waals surface area (Å²) >= 11 is 0. The minimum atomic E-state index is 0.0386. The van der Waals surface area contributed by atoms with Crippen molar-refractivity contribution in [1.82, 2.24) is 20.1 Å². The minimum absolute atomic E-state index is 0.0386. The van der Waals surface area contributed by atoms with Crippen molar-refractivity contribution < 1.29 is 4.79 Å². The van der Waals surface area contributed by atoms with Gasteiger partial charge in [0.2, 0.25) is 0 Å². The van der Waals surface area contributed by atoms with Gasteiger partial charge in [-0.2, -0.15) is 0 Å². The van der Waals surface area contributed by atoms with Crippen LogP contribution in [-0.2, 0) is 13.0 Å². The minimum Gasteiger partial charge on any atom is -0.334 e. The molecule has 26 heavy (non-hydrogen) atoms. The van der Waals surface area contributed by atoms with E-state index in [1.807, 2.05) is 53.6 Å². The molecule has 5 nitrogen and oxygen atoms in total. The summed E-state index contributed by atoms with van der Waals surface area (Å²) < 4.78 is 0. The number of aromatic nitrogens is 1. The molecule has 1 atom stereocenters. The molecule has 0 radical (unpaired) electrons. The van der Waals surface area contributed by atoms with Crippen molar-refractivity contribution in [3.63, 3.8) is 0 Å². The monoisotopic (exact) mass is 352 g/mol. The molecular formula is C21H28N4O. The highest BCUT2D eigenvalue weighted by atomic mass is 16.2. The first-order valence-corrected chi connectivity index (χ1v) is 9.39. The highest BCUT2D eigenvalue weighted by Crippen LogP contribution is 2.15. The van der Waals surface area contributed by atoms with Gasteiger partial charge in [-0.3, -0.25) is 4.98 Å². The number of hydrogen-bond acceptors (Lipinski definition) is 3. The van der Waals surface area contributed by atoms with Gasteiger partial charge in [-0.1, -0.05) is 36.4 Å². The SMILES string of the molecule is CN(CCc1ccccn1)C1CCCN(C(=O)NCc2ccccc2)C1. The average Bonchev–Trinajstić information content (AvgIpc) is 2.72. The number of urea groups is 1. The highest BCUT2D eigenvalue weighted by molar-refractivity contribution is 5.74. The Kier molecular flexibility index (Phi) is 6.61. The number of likely N-dealkylation sites (N-methyl/N-ethyl adjacent to an activating group) is 1. The van der Waals surface area contributed by atoms with E-state index >= 15 is 0 Å². The van der Waals surface area contributed by atoms with Gasteiger partial charge in [0, 0.05) is 50.5 Å². The second-order valence-electron chi connectivity index (χ2n) is 6.94. The van der Waals surface area contributed by atoms with Crippen LogP contribution in [0.2, 0.25) is 0 Å². The maximum absolute atomic E-state index is 12.5. The molecule has 1 aromatic carbocycles. The number of pyridine rings is 1. The number of benzene rings is 1. The maximum Gasteiger partial charge on any atom is 0.317 e. The van der Waals surface area contributed by atoms with E-state index in [1.165, 1.54) is 0 Å². The Hall–Kier alpha value is -2.40. The number of carbonyl (C=O) groups is 1. The molecule has 0 spiro atoms. The Morgan fingerprint density at radius 1 is 1.23 bits per heavy atom. The molecule has 1 aromatic heterocycles. The topological polar surface area (TPSA) is 48.5 Å². The average molecular weight is 352 g/mol. The van der Waals surface area contributed by atoms with Crippen LogP contribution in [0.5, 0.6) is 0 Å². The zero-order chi connectivity index (χ0) is 18.2. The van der Waals surface area contributed by atoms with Crippen molar-refractivity contribution in [2.24, 2.45) is 0 Å². The maximum atomic E-state index is 12.5. The molecule has 2 amide bonds. The molecule has 2 aromatic rings. The van der Waals surface area contributed by atoms with Crippen molar-refractivity contribution in [3.05, 3.63) is 66.0 Å². The Bertz CT molecular complexity index is 677. The third kappa shape index (κ3) is 5.30. The van der Waals surface area contributed by atoms with Crippen LogP contribution in [0.15, 0.2) is 54.7 Å². The van der Waals surface area contributed by atoms with E-state index < -0.39 is 0 Å². The fourth-order valence-corrected chi connectivity index (χ4v) is 3.40. The molecule has 3 rings (SSSR count). The summed E-state index contributed by atoms with van der Waals surface area (Å²) in [6.07, 6.45) is 4.97. The molecule has 5 heteroatoms. The highest BCUT2D eigenvalue weighted by Gasteiger charge is 2.26. The van der Waals surface area contributed by atoms with E-state index in [1.54, 1.807) is 0 Å². The van der Waals surface area contributed by atoms with Crippen molar-refractivity contribution in [1.29, 1.82) is 0 Å². The van der Waals surface area contributed by atoms with Crippen LogP contribution in [0.4, 0.5) is 4.79 Å². The van der Waals surface area contributed by atoms with Crippen LogP contribution in [0, 0.1) is 0 Å². The lowest BCUT2D eigenvalue weighted by Crippen LogP contribution is -2.51. The molecular weight excluding hydrogens is 324 g/mol. The van der Waals surface area contributed by atoms with E-state index in [0.717, 1.165) is 50.2 Å². The molecule has 1 aliphatic heterocycles. The molecule has 0 bridgehead atoms. The zero-order valence-electron chi connectivity index (χ0n) is 15.5. The summed E-state index contributed by atoms with van der Waals surface area (Å²) in [6, 6.07) is 16.5. The number of piperidine rings is 1. The van der Waals surface area contributed by atoms with Crippen LogP contribution in [0.1, 0.15) is 24.1 Å². The largest absolute Gasteiger partial charge is 0.334 e. The van der Waals surface area contributed by atoms with E-state index in [4.69, 9.17) is 0 Å². The van der Waals surface area contributed by atoms with Gasteiger partial charge >= 0.3 is 6.03 Å². The molecule has 1 fully saturated rings. The lowest BCUT2D eigenvalue weighted by Gasteiger charge is -2.37.